The van der Waals surface area contributed by atoms with Crippen LogP contribution in [0.3, 0.4) is 0 Å². The number of hydrogen-bond donors (Lipinski definition) is 2. The van der Waals surface area contributed by atoms with Gasteiger partial charge in [0.05, 0.1) is 31.1 Å². The van der Waals surface area contributed by atoms with E-state index in [-0.39, 0.29) is 18.4 Å². The summed E-state index contributed by atoms with van der Waals surface area (Å²) in [6, 6.07) is 3.48. The van der Waals surface area contributed by atoms with E-state index in [2.05, 4.69) is 31.1 Å². The van der Waals surface area contributed by atoms with Gasteiger partial charge in [-0.2, -0.15) is 0 Å². The van der Waals surface area contributed by atoms with Gasteiger partial charge in [0, 0.05) is 46.6 Å². The number of carbonyl (C=O) groups is 2. The smallest absolute Gasteiger partial charge is 0.338 e. The number of rotatable bonds is 10. The summed E-state index contributed by atoms with van der Waals surface area (Å²) < 4.78 is 25.5. The molecular weight excluding hydrogens is 587 g/mol. The molecule has 1 aromatic carbocycles. The Morgan fingerprint density at radius 1 is 1.43 bits per heavy atom. The molecule has 13 heteroatoms. The first-order chi connectivity index (χ1) is 17.9. The number of carbonyl (C=O) groups excluding carboxylic acids is 1. The Morgan fingerprint density at radius 2 is 2.27 bits per heavy atom. The second-order valence-corrected chi connectivity index (χ2v) is 11.0. The van der Waals surface area contributed by atoms with Gasteiger partial charge in [-0.1, -0.05) is 22.0 Å². The molecule has 0 radical (unpaired) electrons. The number of esters is 1. The van der Waals surface area contributed by atoms with Crippen molar-refractivity contribution in [2.24, 2.45) is 4.99 Å². The normalized spacial score (nSPS) is 20.4. The van der Waals surface area contributed by atoms with Gasteiger partial charge in [0.15, 0.2) is 10.8 Å². The molecule has 1 saturated heterocycles. The highest BCUT2D eigenvalue weighted by atomic mass is 79.9. The van der Waals surface area contributed by atoms with Crippen LogP contribution in [0.1, 0.15) is 23.5 Å². The number of nitrogens with zero attached hydrogens (tertiary/aromatic N) is 3. The minimum absolute atomic E-state index is 0.000876. The number of amidine groups is 1. The Labute approximate surface area is 230 Å². The number of nitrogens with one attached hydrogen (secondary N) is 1. The fraction of sp³-hybridized carbons (Fsp3) is 0.417. The number of thiazole rings is 1. The van der Waals surface area contributed by atoms with E-state index in [9.17, 15) is 14.0 Å². The molecule has 2 N–H and O–H groups in total. The van der Waals surface area contributed by atoms with Crippen LogP contribution in [0.25, 0.3) is 0 Å². The molecule has 2 aliphatic rings. The van der Waals surface area contributed by atoms with Crippen LogP contribution in [0, 0.1) is 5.82 Å². The Balaban J connectivity index is 1.74. The quantitative estimate of drug-likeness (QED) is 0.389. The van der Waals surface area contributed by atoms with Gasteiger partial charge >= 0.3 is 11.9 Å². The topological polar surface area (TPSA) is 113 Å². The van der Waals surface area contributed by atoms with Gasteiger partial charge in [0.1, 0.15) is 11.9 Å². The maximum absolute atomic E-state index is 13.9. The van der Waals surface area contributed by atoms with E-state index in [0.717, 1.165) is 0 Å². The number of aliphatic carboxylic acids is 1. The first-order valence-corrected chi connectivity index (χ1v) is 14.4. The molecule has 2 unspecified atom stereocenters. The van der Waals surface area contributed by atoms with Crippen molar-refractivity contribution in [3.05, 3.63) is 61.9 Å². The van der Waals surface area contributed by atoms with Crippen molar-refractivity contribution in [3.63, 3.8) is 0 Å². The van der Waals surface area contributed by atoms with E-state index in [1.165, 1.54) is 35.2 Å². The summed E-state index contributed by atoms with van der Waals surface area (Å²) >= 11 is 6.17. The summed E-state index contributed by atoms with van der Waals surface area (Å²) in [6.45, 7) is 3.85. The minimum atomic E-state index is -0.869. The fourth-order valence-corrected chi connectivity index (χ4v) is 6.13. The van der Waals surface area contributed by atoms with Crippen LogP contribution in [-0.4, -0.2) is 83.2 Å². The highest BCUT2D eigenvalue weighted by Gasteiger charge is 2.36. The van der Waals surface area contributed by atoms with E-state index in [0.29, 0.717) is 64.2 Å². The van der Waals surface area contributed by atoms with Crippen molar-refractivity contribution in [3.8, 4) is 0 Å². The number of aliphatic imine (C=N–C) groups is 1. The number of thioether (sulfide) groups is 1. The fourth-order valence-electron chi connectivity index (χ4n) is 4.10. The number of carboxylic acid groups (broad SMARTS) is 1. The summed E-state index contributed by atoms with van der Waals surface area (Å²) in [5.74, 6) is -0.727. The zero-order valence-corrected chi connectivity index (χ0v) is 23.2. The summed E-state index contributed by atoms with van der Waals surface area (Å²) in [7, 11) is 0. The van der Waals surface area contributed by atoms with Crippen molar-refractivity contribution >= 4 is 56.8 Å². The SMILES string of the molecule is CCOC(=O)C1=C(CN2CCOCC2CSCC(=O)O)NC(c2nccs2)=NC1c1ccc(F)cc1Br. The van der Waals surface area contributed by atoms with E-state index in [1.807, 2.05) is 5.38 Å². The molecule has 4 rings (SSSR count). The zero-order chi connectivity index (χ0) is 26.4. The number of halogens is 2. The first kappa shape index (κ1) is 27.7. The van der Waals surface area contributed by atoms with Crippen LogP contribution < -0.4 is 5.32 Å². The standard InChI is InChI=1S/C24H26BrFN4O5S2/c1-2-35-24(33)20-18(10-30-6-7-34-11-15(30)12-36-13-19(31)32)28-22(23-27-5-8-37-23)29-21(20)16-4-3-14(26)9-17(16)25/h3-5,8-9,15,21H,2,6-7,10-13H2,1H3,(H,28,29)(H,31,32). The third-order valence-corrected chi connectivity index (χ3v) is 8.30. The molecule has 0 amide bonds. The van der Waals surface area contributed by atoms with Crippen molar-refractivity contribution < 1.29 is 28.6 Å². The predicted octanol–water partition coefficient (Wildman–Crippen LogP) is 3.47. The van der Waals surface area contributed by atoms with Gasteiger partial charge in [-0.15, -0.1) is 23.1 Å². The van der Waals surface area contributed by atoms with Gasteiger partial charge in [-0.25, -0.2) is 14.2 Å². The molecule has 0 aliphatic carbocycles. The van der Waals surface area contributed by atoms with Crippen molar-refractivity contribution in [1.29, 1.82) is 0 Å². The number of carboxylic acids is 1. The highest BCUT2D eigenvalue weighted by Crippen LogP contribution is 2.37. The molecule has 0 saturated carbocycles. The Morgan fingerprint density at radius 3 is 2.97 bits per heavy atom. The van der Waals surface area contributed by atoms with Crippen LogP contribution >= 0.6 is 39.0 Å². The molecule has 9 nitrogen and oxygen atoms in total. The van der Waals surface area contributed by atoms with Crippen molar-refractivity contribution in [2.45, 2.75) is 19.0 Å². The van der Waals surface area contributed by atoms with E-state index in [4.69, 9.17) is 19.6 Å². The average molecular weight is 614 g/mol. The van der Waals surface area contributed by atoms with E-state index >= 15 is 0 Å². The maximum atomic E-state index is 13.9. The van der Waals surface area contributed by atoms with Crippen LogP contribution in [0.4, 0.5) is 4.39 Å². The second-order valence-electron chi connectivity index (χ2n) is 8.23. The minimum Gasteiger partial charge on any atom is -0.481 e. The molecule has 2 atom stereocenters. The van der Waals surface area contributed by atoms with Gasteiger partial charge in [-0.05, 0) is 24.6 Å². The molecular formula is C24H26BrFN4O5S2. The summed E-state index contributed by atoms with van der Waals surface area (Å²) in [5.41, 5.74) is 1.56. The Bertz CT molecular complexity index is 1190. The molecule has 0 bridgehead atoms. The predicted molar refractivity (Wildman–Crippen MR) is 143 cm³/mol. The average Bonchev–Trinajstić information content (AvgIpc) is 3.40. The first-order valence-electron chi connectivity index (χ1n) is 11.6. The summed E-state index contributed by atoms with van der Waals surface area (Å²) in [6.07, 6.45) is 1.68. The second kappa shape index (κ2) is 13.0. The monoisotopic (exact) mass is 612 g/mol. The van der Waals surface area contributed by atoms with E-state index in [1.54, 1.807) is 19.2 Å². The van der Waals surface area contributed by atoms with E-state index < -0.39 is 23.8 Å². The van der Waals surface area contributed by atoms with Crippen LogP contribution in [-0.2, 0) is 19.1 Å². The van der Waals surface area contributed by atoms with Crippen molar-refractivity contribution in [1.82, 2.24) is 15.2 Å². The Hall–Kier alpha value is -2.32. The van der Waals surface area contributed by atoms with Gasteiger partial charge in [0.2, 0.25) is 0 Å². The van der Waals surface area contributed by atoms with Crippen LogP contribution in [0.15, 0.2) is 50.5 Å². The lowest BCUT2D eigenvalue weighted by Crippen LogP contribution is -2.50. The highest BCUT2D eigenvalue weighted by molar-refractivity contribution is 9.10. The third-order valence-electron chi connectivity index (χ3n) is 5.76. The number of morpholine rings is 1. The number of ether oxygens (including phenoxy) is 2. The van der Waals surface area contributed by atoms with Gasteiger partial charge < -0.3 is 19.9 Å². The molecule has 2 aliphatic heterocycles. The molecule has 37 heavy (non-hydrogen) atoms. The number of benzene rings is 1. The van der Waals surface area contributed by atoms with Crippen LogP contribution in [0.5, 0.6) is 0 Å². The lowest BCUT2D eigenvalue weighted by atomic mass is 9.95. The molecule has 2 aromatic rings. The molecule has 1 aromatic heterocycles. The van der Waals surface area contributed by atoms with Crippen LogP contribution in [0.2, 0.25) is 0 Å². The number of hydrogen-bond acceptors (Lipinski definition) is 10. The number of aromatic nitrogens is 1. The van der Waals surface area contributed by atoms with Gasteiger partial charge in [0.25, 0.3) is 0 Å². The molecule has 0 spiro atoms. The lowest BCUT2D eigenvalue weighted by molar-refractivity contribution is -0.139. The largest absolute Gasteiger partial charge is 0.481 e. The summed E-state index contributed by atoms with van der Waals surface area (Å²) in [4.78, 5) is 35.7. The summed E-state index contributed by atoms with van der Waals surface area (Å²) in [5, 5.41) is 14.8. The molecule has 3 heterocycles. The third kappa shape index (κ3) is 6.96. The Kier molecular flexibility index (Phi) is 9.71. The lowest BCUT2D eigenvalue weighted by Gasteiger charge is -2.37. The zero-order valence-electron chi connectivity index (χ0n) is 20.0. The molecule has 1 fully saturated rings. The van der Waals surface area contributed by atoms with Gasteiger partial charge in [-0.3, -0.25) is 14.7 Å². The van der Waals surface area contributed by atoms with Crippen molar-refractivity contribution in [2.75, 3.05) is 44.4 Å². The maximum Gasteiger partial charge on any atom is 0.338 e. The molecule has 198 valence electrons.